The average Bonchev–Trinajstić information content (AvgIpc) is 3.24. The minimum atomic E-state index is -0.182. The number of ether oxygens (including phenoxy) is 1. The van der Waals surface area contributed by atoms with Crippen molar-refractivity contribution in [3.05, 3.63) is 65.4 Å². The van der Waals surface area contributed by atoms with Crippen LogP contribution in [0.25, 0.3) is 17.0 Å². The number of rotatable bonds is 5. The largest absolute Gasteiger partial charge is 0.497 e. The maximum Gasteiger partial charge on any atom is 0.273 e. The molecule has 0 saturated carbocycles. The SMILES string of the molecule is COc1ccc2[nH]c(/C=C3\C(=O)NN=C3CCc3ccc(N)cc3)cc2c1. The third-order valence-electron chi connectivity index (χ3n) is 4.63. The molecule has 136 valence electrons. The molecule has 0 saturated heterocycles. The molecule has 1 aromatic heterocycles. The standard InChI is InChI=1S/C21H20N4O2/c1-27-17-7-9-19-14(11-17)10-16(23-19)12-18-20(24-25-21(18)26)8-4-13-2-5-15(22)6-3-13/h2-3,5-7,9-12,23H,4,8,22H2,1H3,(H,25,26)/b18-12-. The van der Waals surface area contributed by atoms with Crippen molar-refractivity contribution in [2.45, 2.75) is 12.8 Å². The summed E-state index contributed by atoms with van der Waals surface area (Å²) in [6.45, 7) is 0. The summed E-state index contributed by atoms with van der Waals surface area (Å²) in [6.07, 6.45) is 3.30. The highest BCUT2D eigenvalue weighted by Crippen LogP contribution is 2.23. The number of fused-ring (bicyclic) bond motifs is 1. The van der Waals surface area contributed by atoms with Crippen LogP contribution < -0.4 is 15.9 Å². The van der Waals surface area contributed by atoms with E-state index in [0.29, 0.717) is 12.0 Å². The monoisotopic (exact) mass is 360 g/mol. The lowest BCUT2D eigenvalue weighted by Gasteiger charge is -2.03. The number of nitrogens with two attached hydrogens (primary N) is 1. The van der Waals surface area contributed by atoms with Gasteiger partial charge in [0.2, 0.25) is 0 Å². The number of nitrogen functional groups attached to an aromatic ring is 1. The molecule has 0 spiro atoms. The van der Waals surface area contributed by atoms with Gasteiger partial charge in [0.05, 0.1) is 18.4 Å². The number of benzene rings is 2. The lowest BCUT2D eigenvalue weighted by atomic mass is 10.0. The molecule has 0 atom stereocenters. The van der Waals surface area contributed by atoms with Crippen molar-refractivity contribution < 1.29 is 9.53 Å². The number of nitrogens with zero attached hydrogens (tertiary/aromatic N) is 1. The van der Waals surface area contributed by atoms with Gasteiger partial charge in [-0.2, -0.15) is 5.10 Å². The number of aromatic nitrogens is 1. The van der Waals surface area contributed by atoms with E-state index in [1.165, 1.54) is 0 Å². The van der Waals surface area contributed by atoms with Crippen LogP contribution in [-0.4, -0.2) is 23.7 Å². The van der Waals surface area contributed by atoms with E-state index in [1.807, 2.05) is 54.6 Å². The van der Waals surface area contributed by atoms with Crippen LogP contribution in [0.3, 0.4) is 0 Å². The Kier molecular flexibility index (Phi) is 4.38. The average molecular weight is 360 g/mol. The highest BCUT2D eigenvalue weighted by molar-refractivity contribution is 6.27. The molecular weight excluding hydrogens is 340 g/mol. The minimum Gasteiger partial charge on any atom is -0.497 e. The molecule has 1 aliphatic rings. The smallest absolute Gasteiger partial charge is 0.273 e. The number of hydrogen-bond donors (Lipinski definition) is 3. The molecule has 0 bridgehead atoms. The number of aryl methyl sites for hydroxylation is 1. The van der Waals surface area contributed by atoms with Crippen LogP contribution in [0.1, 0.15) is 17.7 Å². The normalized spacial score (nSPS) is 15.2. The highest BCUT2D eigenvalue weighted by atomic mass is 16.5. The second-order valence-corrected chi connectivity index (χ2v) is 6.48. The first-order valence-corrected chi connectivity index (χ1v) is 8.72. The van der Waals surface area contributed by atoms with Crippen LogP contribution in [0.4, 0.5) is 5.69 Å². The second-order valence-electron chi connectivity index (χ2n) is 6.48. The van der Waals surface area contributed by atoms with Gasteiger partial charge in [0, 0.05) is 22.3 Å². The van der Waals surface area contributed by atoms with Crippen molar-refractivity contribution in [1.82, 2.24) is 10.4 Å². The van der Waals surface area contributed by atoms with Crippen LogP contribution >= 0.6 is 0 Å². The minimum absolute atomic E-state index is 0.182. The van der Waals surface area contributed by atoms with E-state index >= 15 is 0 Å². The summed E-state index contributed by atoms with van der Waals surface area (Å²) < 4.78 is 5.26. The van der Waals surface area contributed by atoms with E-state index in [2.05, 4.69) is 15.5 Å². The zero-order valence-electron chi connectivity index (χ0n) is 15.0. The predicted molar refractivity (Wildman–Crippen MR) is 108 cm³/mol. The molecule has 0 unspecified atom stereocenters. The van der Waals surface area contributed by atoms with E-state index < -0.39 is 0 Å². The number of H-pyrrole nitrogens is 1. The number of hydrogen-bond acceptors (Lipinski definition) is 4. The number of aromatic amines is 1. The van der Waals surface area contributed by atoms with Crippen LogP contribution in [0.2, 0.25) is 0 Å². The molecule has 0 radical (unpaired) electrons. The summed E-state index contributed by atoms with van der Waals surface area (Å²) >= 11 is 0. The van der Waals surface area contributed by atoms with Gasteiger partial charge in [0.15, 0.2) is 0 Å². The van der Waals surface area contributed by atoms with Crippen LogP contribution in [0.15, 0.2) is 59.2 Å². The fraction of sp³-hybridized carbons (Fsp3) is 0.143. The highest BCUT2D eigenvalue weighted by Gasteiger charge is 2.22. The summed E-state index contributed by atoms with van der Waals surface area (Å²) in [4.78, 5) is 15.5. The molecule has 1 aliphatic heterocycles. The maximum atomic E-state index is 12.2. The summed E-state index contributed by atoms with van der Waals surface area (Å²) in [5, 5.41) is 5.23. The lowest BCUT2D eigenvalue weighted by Crippen LogP contribution is -2.13. The summed E-state index contributed by atoms with van der Waals surface area (Å²) in [7, 11) is 1.64. The van der Waals surface area contributed by atoms with Gasteiger partial charge in [0.25, 0.3) is 5.91 Å². The fourth-order valence-corrected chi connectivity index (χ4v) is 3.15. The number of carbonyl (C=O) groups is 1. The molecule has 3 aromatic rings. The maximum absolute atomic E-state index is 12.2. The number of hydrazone groups is 1. The van der Waals surface area contributed by atoms with Crippen molar-refractivity contribution in [3.63, 3.8) is 0 Å². The molecule has 4 N–H and O–H groups in total. The van der Waals surface area contributed by atoms with Crippen molar-refractivity contribution in [3.8, 4) is 5.75 Å². The first-order valence-electron chi connectivity index (χ1n) is 8.72. The van der Waals surface area contributed by atoms with Gasteiger partial charge in [-0.1, -0.05) is 12.1 Å². The van der Waals surface area contributed by atoms with E-state index in [4.69, 9.17) is 10.5 Å². The summed E-state index contributed by atoms with van der Waals surface area (Å²) in [5.41, 5.74) is 13.4. The zero-order chi connectivity index (χ0) is 18.8. The quantitative estimate of drug-likeness (QED) is 0.482. The molecule has 2 heterocycles. The van der Waals surface area contributed by atoms with Gasteiger partial charge in [-0.05, 0) is 60.9 Å². The predicted octanol–water partition coefficient (Wildman–Crippen LogP) is 3.26. The Hall–Kier alpha value is -3.54. The van der Waals surface area contributed by atoms with Crippen LogP contribution in [-0.2, 0) is 11.2 Å². The number of amides is 1. The third-order valence-corrected chi connectivity index (χ3v) is 4.63. The lowest BCUT2D eigenvalue weighted by molar-refractivity contribution is -0.116. The molecule has 27 heavy (non-hydrogen) atoms. The van der Waals surface area contributed by atoms with Gasteiger partial charge in [-0.3, -0.25) is 4.79 Å². The topological polar surface area (TPSA) is 92.5 Å². The molecule has 6 nitrogen and oxygen atoms in total. The van der Waals surface area contributed by atoms with Crippen molar-refractivity contribution in [1.29, 1.82) is 0 Å². The fourth-order valence-electron chi connectivity index (χ4n) is 3.15. The Bertz CT molecular complexity index is 1060. The van der Waals surface area contributed by atoms with Crippen molar-refractivity contribution in [2.75, 3.05) is 12.8 Å². The molecule has 1 amide bonds. The van der Waals surface area contributed by atoms with Gasteiger partial charge < -0.3 is 15.5 Å². The molecule has 4 rings (SSSR count). The van der Waals surface area contributed by atoms with E-state index in [9.17, 15) is 4.79 Å². The van der Waals surface area contributed by atoms with Gasteiger partial charge >= 0.3 is 0 Å². The van der Waals surface area contributed by atoms with Gasteiger partial charge in [-0.25, -0.2) is 5.43 Å². The molecule has 0 fully saturated rings. The van der Waals surface area contributed by atoms with Crippen LogP contribution in [0.5, 0.6) is 5.75 Å². The Balaban J connectivity index is 1.56. The molecule has 6 heteroatoms. The number of methoxy groups -OCH3 is 1. The van der Waals surface area contributed by atoms with Crippen LogP contribution in [0, 0.1) is 0 Å². The molecular formula is C21H20N4O2. The van der Waals surface area contributed by atoms with Gasteiger partial charge in [0.1, 0.15) is 5.75 Å². The number of nitrogens with one attached hydrogen (secondary N) is 2. The van der Waals surface area contributed by atoms with E-state index in [1.54, 1.807) is 7.11 Å². The Morgan fingerprint density at radius 2 is 1.93 bits per heavy atom. The van der Waals surface area contributed by atoms with E-state index in [-0.39, 0.29) is 5.91 Å². The van der Waals surface area contributed by atoms with Crippen molar-refractivity contribution in [2.24, 2.45) is 5.10 Å². The Morgan fingerprint density at radius 3 is 2.70 bits per heavy atom. The molecule has 2 aromatic carbocycles. The summed E-state index contributed by atoms with van der Waals surface area (Å²) in [6, 6.07) is 15.6. The second kappa shape index (κ2) is 6.99. The van der Waals surface area contributed by atoms with Gasteiger partial charge in [-0.15, -0.1) is 0 Å². The third kappa shape index (κ3) is 3.55. The zero-order valence-corrected chi connectivity index (χ0v) is 15.0. The van der Waals surface area contributed by atoms with Crippen molar-refractivity contribution >= 4 is 34.3 Å². The first kappa shape index (κ1) is 16.9. The Labute approximate surface area is 156 Å². The Morgan fingerprint density at radius 1 is 1.11 bits per heavy atom. The molecule has 0 aliphatic carbocycles. The first-order chi connectivity index (χ1) is 13.1. The van der Waals surface area contributed by atoms with E-state index in [0.717, 1.165) is 45.7 Å². The number of carbonyl (C=O) groups excluding carboxylic acids is 1. The number of anilines is 1. The summed E-state index contributed by atoms with van der Waals surface area (Å²) in [5.74, 6) is 0.614.